The van der Waals surface area contributed by atoms with Gasteiger partial charge in [-0.3, -0.25) is 4.99 Å². The van der Waals surface area contributed by atoms with Crippen molar-refractivity contribution in [2.75, 3.05) is 6.61 Å². The fourth-order valence-corrected chi connectivity index (χ4v) is 1.45. The summed E-state index contributed by atoms with van der Waals surface area (Å²) < 4.78 is 5.56. The average Bonchev–Trinajstić information content (AvgIpc) is 2.15. The van der Waals surface area contributed by atoms with Gasteiger partial charge in [0.05, 0.1) is 0 Å². The molecule has 4 nitrogen and oxygen atoms in total. The highest BCUT2D eigenvalue weighted by Gasteiger charge is 2.19. The first-order valence-corrected chi connectivity index (χ1v) is 4.90. The lowest BCUT2D eigenvalue weighted by molar-refractivity contribution is 0.0562. The second-order valence-corrected chi connectivity index (χ2v) is 3.61. The maximum absolute atomic E-state index is 5.56. The van der Waals surface area contributed by atoms with Gasteiger partial charge in [0.1, 0.15) is 11.9 Å². The van der Waals surface area contributed by atoms with Gasteiger partial charge < -0.3 is 10.2 Å². The first-order chi connectivity index (χ1) is 6.24. The summed E-state index contributed by atoms with van der Waals surface area (Å²) in [6.07, 6.45) is 3.45. The molecule has 0 aliphatic carbocycles. The number of amidine groups is 1. The lowest BCUT2D eigenvalue weighted by Crippen LogP contribution is -2.42. The normalized spacial score (nSPS) is 24.9. The van der Waals surface area contributed by atoms with Crippen molar-refractivity contribution in [3.05, 3.63) is 0 Å². The molecule has 1 aliphatic heterocycles. The number of hydrogen-bond donors (Lipinski definition) is 2. The largest absolute Gasteiger partial charge is 0.370 e. The summed E-state index contributed by atoms with van der Waals surface area (Å²) in [7, 11) is 0. The van der Waals surface area contributed by atoms with Gasteiger partial charge in [0.2, 0.25) is 0 Å². The van der Waals surface area contributed by atoms with Crippen LogP contribution < -0.4 is 11.3 Å². The molecule has 0 aromatic heterocycles. The molecule has 1 rings (SSSR count). The zero-order chi connectivity index (χ0) is 9.68. The quantitative estimate of drug-likeness (QED) is 0.290. The molecule has 4 heteroatoms. The fraction of sp³-hybridized carbons (Fsp3) is 0.889. The van der Waals surface area contributed by atoms with Gasteiger partial charge in [0.25, 0.3) is 0 Å². The van der Waals surface area contributed by atoms with E-state index in [9.17, 15) is 0 Å². The molecule has 0 saturated carbocycles. The third kappa shape index (κ3) is 3.32. The van der Waals surface area contributed by atoms with Gasteiger partial charge in [0.15, 0.2) is 0 Å². The smallest absolute Gasteiger partial charge is 0.140 e. The minimum absolute atomic E-state index is 0.0844. The van der Waals surface area contributed by atoms with Crippen LogP contribution in [0.2, 0.25) is 0 Å². The van der Waals surface area contributed by atoms with Crippen LogP contribution in [0, 0.1) is 0 Å². The molecule has 0 radical (unpaired) electrons. The van der Waals surface area contributed by atoms with Crippen LogP contribution in [0.15, 0.2) is 4.99 Å². The summed E-state index contributed by atoms with van der Waals surface area (Å²) in [6.45, 7) is 4.88. The van der Waals surface area contributed by atoms with E-state index in [1.165, 1.54) is 6.42 Å². The van der Waals surface area contributed by atoms with Gasteiger partial charge >= 0.3 is 0 Å². The lowest BCUT2D eigenvalue weighted by Gasteiger charge is -2.24. The van der Waals surface area contributed by atoms with Crippen LogP contribution in [0.25, 0.3) is 0 Å². The highest BCUT2D eigenvalue weighted by atomic mass is 16.5. The Hall–Kier alpha value is -0.610. The Kier molecular flexibility index (Phi) is 4.18. The molecule has 0 spiro atoms. The van der Waals surface area contributed by atoms with Gasteiger partial charge in [-0.25, -0.2) is 5.84 Å². The van der Waals surface area contributed by atoms with Crippen molar-refractivity contribution in [2.24, 2.45) is 10.8 Å². The van der Waals surface area contributed by atoms with Gasteiger partial charge in [-0.2, -0.15) is 0 Å². The number of ether oxygens (including phenoxy) is 1. The molecule has 0 aromatic carbocycles. The molecular formula is C9H19N3O. The number of nitrogens with zero attached hydrogens (tertiary/aromatic N) is 1. The Morgan fingerprint density at radius 3 is 2.77 bits per heavy atom. The Balaban J connectivity index is 2.53. The topological polar surface area (TPSA) is 59.6 Å². The molecule has 1 unspecified atom stereocenters. The van der Waals surface area contributed by atoms with E-state index in [1.54, 1.807) is 0 Å². The zero-order valence-electron chi connectivity index (χ0n) is 8.42. The molecule has 0 aromatic rings. The van der Waals surface area contributed by atoms with Crippen LogP contribution >= 0.6 is 0 Å². The molecule has 1 heterocycles. The van der Waals surface area contributed by atoms with Crippen molar-refractivity contribution in [1.29, 1.82) is 0 Å². The molecule has 1 atom stereocenters. The van der Waals surface area contributed by atoms with Crippen molar-refractivity contribution in [3.8, 4) is 0 Å². The molecular weight excluding hydrogens is 166 g/mol. The highest BCUT2D eigenvalue weighted by molar-refractivity contribution is 5.86. The van der Waals surface area contributed by atoms with Gasteiger partial charge in [-0.15, -0.1) is 0 Å². The average molecular weight is 185 g/mol. The van der Waals surface area contributed by atoms with Gasteiger partial charge in [0, 0.05) is 12.6 Å². The predicted octanol–water partition coefficient (Wildman–Crippen LogP) is 0.826. The van der Waals surface area contributed by atoms with E-state index in [0.29, 0.717) is 0 Å². The van der Waals surface area contributed by atoms with Crippen molar-refractivity contribution in [3.63, 3.8) is 0 Å². The maximum atomic E-state index is 5.56. The van der Waals surface area contributed by atoms with Gasteiger partial charge in [-0.05, 0) is 33.1 Å². The third-order valence-corrected chi connectivity index (χ3v) is 2.03. The fourth-order valence-electron chi connectivity index (χ4n) is 1.45. The first-order valence-electron chi connectivity index (χ1n) is 4.90. The Bertz CT molecular complexity index is 174. The predicted molar refractivity (Wildman–Crippen MR) is 53.5 cm³/mol. The van der Waals surface area contributed by atoms with Crippen molar-refractivity contribution >= 4 is 5.84 Å². The summed E-state index contributed by atoms with van der Waals surface area (Å²) in [6, 6.07) is 0.261. The molecule has 0 amide bonds. The van der Waals surface area contributed by atoms with Crippen molar-refractivity contribution in [2.45, 2.75) is 45.3 Å². The number of hydrogen-bond acceptors (Lipinski definition) is 3. The lowest BCUT2D eigenvalue weighted by atomic mass is 10.1. The van der Waals surface area contributed by atoms with E-state index in [-0.39, 0.29) is 12.1 Å². The van der Waals surface area contributed by atoms with Crippen LogP contribution in [-0.2, 0) is 4.74 Å². The molecule has 13 heavy (non-hydrogen) atoms. The summed E-state index contributed by atoms with van der Waals surface area (Å²) in [5.74, 6) is 6.18. The number of nitrogens with two attached hydrogens (primary N) is 1. The van der Waals surface area contributed by atoms with Gasteiger partial charge in [-0.1, -0.05) is 0 Å². The monoisotopic (exact) mass is 185 g/mol. The number of hydrazine groups is 1. The highest BCUT2D eigenvalue weighted by Crippen LogP contribution is 2.13. The van der Waals surface area contributed by atoms with Crippen molar-refractivity contribution in [1.82, 2.24) is 5.43 Å². The van der Waals surface area contributed by atoms with Crippen LogP contribution in [0.3, 0.4) is 0 Å². The maximum Gasteiger partial charge on any atom is 0.140 e. The number of aliphatic imine (C=N–C) groups is 1. The Morgan fingerprint density at radius 1 is 1.54 bits per heavy atom. The van der Waals surface area contributed by atoms with E-state index in [1.807, 2.05) is 13.8 Å². The van der Waals surface area contributed by atoms with Crippen LogP contribution in [0.1, 0.15) is 33.1 Å². The van der Waals surface area contributed by atoms with E-state index < -0.39 is 0 Å². The van der Waals surface area contributed by atoms with Crippen molar-refractivity contribution < 1.29 is 4.74 Å². The molecule has 1 aliphatic rings. The minimum atomic E-state index is 0.0844. The summed E-state index contributed by atoms with van der Waals surface area (Å²) in [4.78, 5) is 4.37. The van der Waals surface area contributed by atoms with E-state index in [4.69, 9.17) is 10.6 Å². The van der Waals surface area contributed by atoms with Crippen LogP contribution in [0.5, 0.6) is 0 Å². The Labute approximate surface area is 79.5 Å². The Morgan fingerprint density at radius 2 is 2.31 bits per heavy atom. The van der Waals surface area contributed by atoms with Crippen LogP contribution in [-0.4, -0.2) is 24.6 Å². The molecule has 1 fully saturated rings. The second kappa shape index (κ2) is 5.19. The van der Waals surface area contributed by atoms with E-state index >= 15 is 0 Å². The zero-order valence-corrected chi connectivity index (χ0v) is 8.42. The number of rotatable bonds is 2. The minimum Gasteiger partial charge on any atom is -0.370 e. The molecule has 0 bridgehead atoms. The second-order valence-electron chi connectivity index (χ2n) is 3.61. The molecule has 76 valence electrons. The third-order valence-electron chi connectivity index (χ3n) is 2.03. The standard InChI is InChI=1S/C9H19N3O/c1-7(2)11-9(12-10)8-5-3-4-6-13-8/h7-8H,3-6,10H2,1-2H3,(H,11,12). The summed E-state index contributed by atoms with van der Waals surface area (Å²) >= 11 is 0. The number of nitrogens with one attached hydrogen (secondary N) is 1. The summed E-state index contributed by atoms with van der Waals surface area (Å²) in [5.41, 5.74) is 2.63. The van der Waals surface area contributed by atoms with E-state index in [0.717, 1.165) is 25.3 Å². The van der Waals surface area contributed by atoms with E-state index in [2.05, 4.69) is 10.4 Å². The van der Waals surface area contributed by atoms with Crippen LogP contribution in [0.4, 0.5) is 0 Å². The first kappa shape index (κ1) is 10.5. The molecule has 3 N–H and O–H groups in total. The molecule has 1 saturated heterocycles. The SMILES string of the molecule is CC(C)N=C(NN)C1CCCCO1. The summed E-state index contributed by atoms with van der Waals surface area (Å²) in [5, 5.41) is 0.